The third kappa shape index (κ3) is 5.93. The molecule has 1 aliphatic heterocycles. The fraction of sp³-hybridized carbons (Fsp3) is 0.500. The van der Waals surface area contributed by atoms with Gasteiger partial charge in [-0.1, -0.05) is 87.9 Å². The zero-order valence-electron chi connectivity index (χ0n) is 18.2. The van der Waals surface area contributed by atoms with Crippen LogP contribution >= 0.6 is 0 Å². The molecule has 1 heterocycles. The molecule has 2 aromatic carbocycles. The number of carboxylic acids is 1. The second-order valence-corrected chi connectivity index (χ2v) is 8.30. The normalized spacial score (nSPS) is 21.5. The number of carboxylic acid groups (broad SMARTS) is 1. The molecule has 0 aliphatic carbocycles. The van der Waals surface area contributed by atoms with Crippen LogP contribution in [0.5, 0.6) is 0 Å². The number of unbranched alkanes of at least 4 members (excludes halogenated alkanes) is 5. The fourth-order valence-corrected chi connectivity index (χ4v) is 4.13. The topological polar surface area (TPSA) is 55.8 Å². The van der Waals surface area contributed by atoms with Crippen molar-refractivity contribution in [2.75, 3.05) is 6.61 Å². The van der Waals surface area contributed by atoms with E-state index in [9.17, 15) is 9.90 Å². The van der Waals surface area contributed by atoms with E-state index in [1.54, 1.807) is 6.07 Å². The van der Waals surface area contributed by atoms with Gasteiger partial charge < -0.3 is 14.6 Å². The molecule has 0 aromatic heterocycles. The lowest BCUT2D eigenvalue weighted by Gasteiger charge is -2.35. The van der Waals surface area contributed by atoms with E-state index in [-0.39, 0.29) is 11.7 Å². The quantitative estimate of drug-likeness (QED) is 0.435. The standard InChI is InChI=1S/C26H34O4/c1-3-4-5-6-7-9-14-22-18-29-26(30-19(22)2)21-15-16-23(24(17-21)25(27)28)20-12-10-8-11-13-20/h8,10-13,15-17,19,22,26H,3-7,9,14,18H2,1-2H3,(H,27,28). The minimum Gasteiger partial charge on any atom is -0.478 e. The van der Waals surface area contributed by atoms with Gasteiger partial charge in [-0.05, 0) is 30.5 Å². The molecule has 3 atom stereocenters. The van der Waals surface area contributed by atoms with Crippen molar-refractivity contribution in [3.8, 4) is 11.1 Å². The molecule has 162 valence electrons. The van der Waals surface area contributed by atoms with Gasteiger partial charge in [0.1, 0.15) is 0 Å². The smallest absolute Gasteiger partial charge is 0.336 e. The summed E-state index contributed by atoms with van der Waals surface area (Å²) in [6.45, 7) is 5.00. The molecule has 0 radical (unpaired) electrons. The molecule has 4 nitrogen and oxygen atoms in total. The first kappa shape index (κ1) is 22.5. The lowest BCUT2D eigenvalue weighted by Crippen LogP contribution is -2.34. The maximum Gasteiger partial charge on any atom is 0.336 e. The number of hydrogen-bond acceptors (Lipinski definition) is 3. The van der Waals surface area contributed by atoms with Crippen LogP contribution in [0, 0.1) is 5.92 Å². The Bertz CT molecular complexity index is 802. The summed E-state index contributed by atoms with van der Waals surface area (Å²) in [5.41, 5.74) is 2.63. The van der Waals surface area contributed by atoms with Crippen molar-refractivity contribution in [1.29, 1.82) is 0 Å². The van der Waals surface area contributed by atoms with Crippen molar-refractivity contribution in [2.45, 2.75) is 71.2 Å². The predicted octanol–water partition coefficient (Wildman–Crippen LogP) is 6.85. The van der Waals surface area contributed by atoms with Gasteiger partial charge in [0.2, 0.25) is 0 Å². The molecule has 1 saturated heterocycles. The van der Waals surface area contributed by atoms with Gasteiger partial charge in [-0.25, -0.2) is 4.79 Å². The maximum atomic E-state index is 11.9. The summed E-state index contributed by atoms with van der Waals surface area (Å²) in [4.78, 5) is 11.9. The van der Waals surface area contributed by atoms with Crippen LogP contribution in [0.4, 0.5) is 0 Å². The third-order valence-electron chi connectivity index (χ3n) is 6.02. The highest BCUT2D eigenvalue weighted by Crippen LogP contribution is 2.34. The van der Waals surface area contributed by atoms with Gasteiger partial charge in [-0.3, -0.25) is 0 Å². The first-order valence-corrected chi connectivity index (χ1v) is 11.3. The molecule has 3 unspecified atom stereocenters. The van der Waals surface area contributed by atoms with Gasteiger partial charge in [0.25, 0.3) is 0 Å². The molecule has 0 amide bonds. The molecule has 0 bridgehead atoms. The molecule has 2 aromatic rings. The largest absolute Gasteiger partial charge is 0.478 e. The molecule has 0 saturated carbocycles. The summed E-state index contributed by atoms with van der Waals surface area (Å²) < 4.78 is 12.2. The summed E-state index contributed by atoms with van der Waals surface area (Å²) >= 11 is 0. The lowest BCUT2D eigenvalue weighted by molar-refractivity contribution is -0.237. The average molecular weight is 411 g/mol. The van der Waals surface area contributed by atoms with Crippen LogP contribution in [-0.4, -0.2) is 23.8 Å². The Kier molecular flexibility index (Phi) is 8.47. The summed E-state index contributed by atoms with van der Waals surface area (Å²) in [5.74, 6) is -0.546. The zero-order valence-corrected chi connectivity index (χ0v) is 18.2. The highest BCUT2D eigenvalue weighted by Gasteiger charge is 2.30. The van der Waals surface area contributed by atoms with Crippen LogP contribution in [0.2, 0.25) is 0 Å². The van der Waals surface area contributed by atoms with Crippen molar-refractivity contribution in [2.24, 2.45) is 5.92 Å². The zero-order chi connectivity index (χ0) is 21.3. The van der Waals surface area contributed by atoms with Crippen molar-refractivity contribution in [3.05, 3.63) is 59.7 Å². The van der Waals surface area contributed by atoms with Gasteiger partial charge in [0.05, 0.1) is 18.3 Å². The first-order valence-electron chi connectivity index (χ1n) is 11.3. The lowest BCUT2D eigenvalue weighted by atomic mass is 9.94. The number of benzene rings is 2. The van der Waals surface area contributed by atoms with Crippen molar-refractivity contribution in [3.63, 3.8) is 0 Å². The van der Waals surface area contributed by atoms with E-state index in [0.717, 1.165) is 17.5 Å². The molecule has 0 spiro atoms. The molecule has 1 fully saturated rings. The third-order valence-corrected chi connectivity index (χ3v) is 6.02. The molecule has 1 aliphatic rings. The molecule has 4 heteroatoms. The van der Waals surface area contributed by atoms with Gasteiger partial charge >= 0.3 is 5.97 Å². The van der Waals surface area contributed by atoms with E-state index < -0.39 is 12.3 Å². The number of ether oxygens (including phenoxy) is 2. The van der Waals surface area contributed by atoms with E-state index >= 15 is 0 Å². The monoisotopic (exact) mass is 410 g/mol. The van der Waals surface area contributed by atoms with E-state index in [1.165, 1.54) is 38.5 Å². The van der Waals surface area contributed by atoms with E-state index in [1.807, 2.05) is 42.5 Å². The maximum absolute atomic E-state index is 11.9. The molecule has 1 N–H and O–H groups in total. The van der Waals surface area contributed by atoms with Crippen molar-refractivity contribution < 1.29 is 19.4 Å². The SMILES string of the molecule is CCCCCCCCC1COC(c2ccc(-c3ccccc3)c(C(=O)O)c2)OC1C. The molecular weight excluding hydrogens is 376 g/mol. The van der Waals surface area contributed by atoms with Gasteiger partial charge in [0, 0.05) is 11.5 Å². The Morgan fingerprint density at radius 1 is 1.03 bits per heavy atom. The van der Waals surface area contributed by atoms with Crippen LogP contribution < -0.4 is 0 Å². The molecule has 3 rings (SSSR count). The number of rotatable bonds is 10. The number of hydrogen-bond donors (Lipinski definition) is 1. The van der Waals surface area contributed by atoms with Crippen LogP contribution in [0.3, 0.4) is 0 Å². The fourth-order valence-electron chi connectivity index (χ4n) is 4.13. The Labute approximate surface area is 180 Å². The summed E-state index contributed by atoms with van der Waals surface area (Å²) in [6, 6.07) is 15.0. The Balaban J connectivity index is 1.61. The molecule has 30 heavy (non-hydrogen) atoms. The number of aromatic carboxylic acids is 1. The Morgan fingerprint density at radius 2 is 1.77 bits per heavy atom. The summed E-state index contributed by atoms with van der Waals surface area (Å²) in [5, 5.41) is 9.74. The number of carbonyl (C=O) groups is 1. The van der Waals surface area contributed by atoms with Gasteiger partial charge in [-0.15, -0.1) is 0 Å². The highest BCUT2D eigenvalue weighted by atomic mass is 16.7. The first-order chi connectivity index (χ1) is 14.6. The van der Waals surface area contributed by atoms with Crippen molar-refractivity contribution in [1.82, 2.24) is 0 Å². The second-order valence-electron chi connectivity index (χ2n) is 8.30. The Morgan fingerprint density at radius 3 is 2.47 bits per heavy atom. The van der Waals surface area contributed by atoms with Crippen LogP contribution in [0.15, 0.2) is 48.5 Å². The molecular formula is C26H34O4. The highest BCUT2D eigenvalue weighted by molar-refractivity contribution is 5.96. The van der Waals surface area contributed by atoms with Gasteiger partial charge in [0.15, 0.2) is 6.29 Å². The van der Waals surface area contributed by atoms with Crippen LogP contribution in [-0.2, 0) is 9.47 Å². The summed E-state index contributed by atoms with van der Waals surface area (Å²) in [6.07, 6.45) is 8.44. The minimum absolute atomic E-state index is 0.0986. The Hall–Kier alpha value is -2.17. The predicted molar refractivity (Wildman–Crippen MR) is 120 cm³/mol. The van der Waals surface area contributed by atoms with Crippen LogP contribution in [0.25, 0.3) is 11.1 Å². The minimum atomic E-state index is -0.944. The average Bonchev–Trinajstić information content (AvgIpc) is 2.77. The van der Waals surface area contributed by atoms with Gasteiger partial charge in [-0.2, -0.15) is 0 Å². The van der Waals surface area contributed by atoms with Crippen LogP contribution in [0.1, 0.15) is 81.0 Å². The van der Waals surface area contributed by atoms with E-state index in [0.29, 0.717) is 18.1 Å². The second kappa shape index (κ2) is 11.3. The summed E-state index contributed by atoms with van der Waals surface area (Å²) in [7, 11) is 0. The van der Waals surface area contributed by atoms with E-state index in [2.05, 4.69) is 13.8 Å². The van der Waals surface area contributed by atoms with Crippen molar-refractivity contribution >= 4 is 5.97 Å². The van der Waals surface area contributed by atoms with E-state index in [4.69, 9.17) is 9.47 Å².